The van der Waals surface area contributed by atoms with E-state index in [1.54, 1.807) is 28.5 Å². The highest BCUT2D eigenvalue weighted by molar-refractivity contribution is 8.76. The second kappa shape index (κ2) is 7.76. The minimum absolute atomic E-state index is 0.304. The van der Waals surface area contributed by atoms with Crippen LogP contribution in [0.4, 0.5) is 0 Å². The normalized spacial score (nSPS) is 12.6. The molecule has 2 N–H and O–H groups in total. The maximum absolute atomic E-state index is 11.0. The van der Waals surface area contributed by atoms with Gasteiger partial charge in [-0.15, -0.1) is 0 Å². The van der Waals surface area contributed by atoms with E-state index in [0.29, 0.717) is 12.4 Å². The quantitative estimate of drug-likeness (QED) is 0.406. The largest absolute Gasteiger partial charge is 0.465 e. The van der Waals surface area contributed by atoms with Crippen LogP contribution in [0.25, 0.3) is 0 Å². The van der Waals surface area contributed by atoms with E-state index in [1.165, 1.54) is 0 Å². The van der Waals surface area contributed by atoms with Crippen LogP contribution in [-0.4, -0.2) is 30.1 Å². The predicted molar refractivity (Wildman–Crippen MR) is 55.2 cm³/mol. The van der Waals surface area contributed by atoms with Gasteiger partial charge in [0.1, 0.15) is 6.04 Å². The Morgan fingerprint density at radius 3 is 2.67 bits per heavy atom. The van der Waals surface area contributed by atoms with Gasteiger partial charge in [-0.1, -0.05) is 28.5 Å². The molecular formula is C7H15NO2S2. The third kappa shape index (κ3) is 5.74. The number of ether oxygens (including phenoxy) is 1. The summed E-state index contributed by atoms with van der Waals surface area (Å²) in [6.45, 7) is 4.24. The molecule has 0 heterocycles. The first-order valence-corrected chi connectivity index (χ1v) is 6.37. The molecule has 0 unspecified atom stereocenters. The van der Waals surface area contributed by atoms with Crippen molar-refractivity contribution >= 4 is 27.6 Å². The van der Waals surface area contributed by atoms with Crippen molar-refractivity contribution in [2.75, 3.05) is 18.1 Å². The van der Waals surface area contributed by atoms with Gasteiger partial charge in [-0.3, -0.25) is 4.79 Å². The van der Waals surface area contributed by atoms with Crippen molar-refractivity contribution in [2.24, 2.45) is 5.73 Å². The van der Waals surface area contributed by atoms with Gasteiger partial charge in [-0.05, 0) is 6.92 Å². The summed E-state index contributed by atoms with van der Waals surface area (Å²) in [4.78, 5) is 11.0. The van der Waals surface area contributed by atoms with Crippen LogP contribution in [0.2, 0.25) is 0 Å². The fourth-order valence-electron chi connectivity index (χ4n) is 0.522. The molecule has 0 radical (unpaired) electrons. The van der Waals surface area contributed by atoms with Gasteiger partial charge >= 0.3 is 5.97 Å². The molecule has 0 saturated carbocycles. The third-order valence-corrected chi connectivity index (χ3v) is 3.55. The molecule has 12 heavy (non-hydrogen) atoms. The smallest absolute Gasteiger partial charge is 0.323 e. The van der Waals surface area contributed by atoms with E-state index < -0.39 is 6.04 Å². The number of nitrogens with two attached hydrogens (primary N) is 1. The Morgan fingerprint density at radius 2 is 2.17 bits per heavy atom. The van der Waals surface area contributed by atoms with Gasteiger partial charge in [-0.2, -0.15) is 0 Å². The maximum atomic E-state index is 11.0. The highest BCUT2D eigenvalue weighted by Crippen LogP contribution is 2.20. The second-order valence-electron chi connectivity index (χ2n) is 2.05. The van der Waals surface area contributed by atoms with Crippen LogP contribution >= 0.6 is 21.6 Å². The monoisotopic (exact) mass is 209 g/mol. The average molecular weight is 209 g/mol. The van der Waals surface area contributed by atoms with Crippen molar-refractivity contribution in [3.05, 3.63) is 0 Å². The molecule has 0 spiro atoms. The molecule has 0 fully saturated rings. The molecule has 0 aliphatic rings. The molecule has 3 nitrogen and oxygen atoms in total. The molecule has 0 aliphatic heterocycles. The molecule has 0 saturated heterocycles. The lowest BCUT2D eigenvalue weighted by Crippen LogP contribution is -2.34. The summed E-state index contributed by atoms with van der Waals surface area (Å²) in [5.74, 6) is 1.35. The Bertz CT molecular complexity index is 133. The van der Waals surface area contributed by atoms with Gasteiger partial charge in [0, 0.05) is 11.5 Å². The highest BCUT2D eigenvalue weighted by atomic mass is 33.1. The fourth-order valence-corrected chi connectivity index (χ4v) is 2.30. The Labute approximate surface area is 81.2 Å². The highest BCUT2D eigenvalue weighted by Gasteiger charge is 2.13. The Balaban J connectivity index is 3.42. The Hall–Kier alpha value is 0.130. The molecule has 1 atom stereocenters. The van der Waals surface area contributed by atoms with Gasteiger partial charge in [0.2, 0.25) is 0 Å². The van der Waals surface area contributed by atoms with Crippen molar-refractivity contribution in [1.29, 1.82) is 0 Å². The van der Waals surface area contributed by atoms with E-state index >= 15 is 0 Å². The summed E-state index contributed by atoms with van der Waals surface area (Å²) in [5, 5.41) is 0. The van der Waals surface area contributed by atoms with Gasteiger partial charge in [0.05, 0.1) is 6.61 Å². The van der Waals surface area contributed by atoms with Crippen LogP contribution in [0.1, 0.15) is 13.8 Å². The molecule has 5 heteroatoms. The van der Waals surface area contributed by atoms with Gasteiger partial charge < -0.3 is 10.5 Å². The molecule has 0 aromatic rings. The summed E-state index contributed by atoms with van der Waals surface area (Å²) < 4.78 is 4.75. The van der Waals surface area contributed by atoms with Crippen LogP contribution in [0, 0.1) is 0 Å². The molecule has 0 amide bonds. The second-order valence-corrected chi connectivity index (χ2v) is 4.85. The summed E-state index contributed by atoms with van der Waals surface area (Å²) in [5.41, 5.74) is 5.54. The van der Waals surface area contributed by atoms with Crippen molar-refractivity contribution in [2.45, 2.75) is 19.9 Å². The van der Waals surface area contributed by atoms with Gasteiger partial charge in [0.15, 0.2) is 0 Å². The van der Waals surface area contributed by atoms with Crippen LogP contribution in [0.5, 0.6) is 0 Å². The minimum atomic E-state index is -0.478. The van der Waals surface area contributed by atoms with E-state index in [2.05, 4.69) is 6.92 Å². The molecule has 72 valence electrons. The first kappa shape index (κ1) is 12.1. The zero-order chi connectivity index (χ0) is 9.40. The van der Waals surface area contributed by atoms with Crippen molar-refractivity contribution in [3.8, 4) is 0 Å². The summed E-state index contributed by atoms with van der Waals surface area (Å²) in [6.07, 6.45) is 0. The lowest BCUT2D eigenvalue weighted by molar-refractivity contribution is -0.144. The van der Waals surface area contributed by atoms with Gasteiger partial charge in [0.25, 0.3) is 0 Å². The number of carbonyl (C=O) groups excluding carboxylic acids is 1. The van der Waals surface area contributed by atoms with Crippen molar-refractivity contribution in [3.63, 3.8) is 0 Å². The molecular weight excluding hydrogens is 194 g/mol. The standard InChI is InChI=1S/C7H15NO2S2/c1-3-10-7(9)6(8)5-12-11-4-2/h6H,3-5,8H2,1-2H3/t6-/m0/s1. The first-order chi connectivity index (χ1) is 5.72. The number of esters is 1. The van der Waals surface area contributed by atoms with E-state index in [9.17, 15) is 4.79 Å². The zero-order valence-electron chi connectivity index (χ0n) is 7.41. The fraction of sp³-hybridized carbons (Fsp3) is 0.857. The number of rotatable bonds is 6. The van der Waals surface area contributed by atoms with Crippen LogP contribution < -0.4 is 5.73 Å². The SMILES string of the molecule is CCOC(=O)[C@@H](N)CSSCC. The maximum Gasteiger partial charge on any atom is 0.323 e. The van der Waals surface area contributed by atoms with Crippen molar-refractivity contribution in [1.82, 2.24) is 0 Å². The number of hydrogen-bond acceptors (Lipinski definition) is 5. The molecule has 0 rings (SSSR count). The van der Waals surface area contributed by atoms with Gasteiger partial charge in [-0.25, -0.2) is 0 Å². The van der Waals surface area contributed by atoms with E-state index in [-0.39, 0.29) is 5.97 Å². The molecule has 0 bridgehead atoms. The van der Waals surface area contributed by atoms with E-state index in [0.717, 1.165) is 5.75 Å². The Kier molecular flexibility index (Phi) is 7.85. The molecule has 0 aromatic carbocycles. The average Bonchev–Trinajstić information content (AvgIpc) is 2.05. The zero-order valence-corrected chi connectivity index (χ0v) is 9.04. The summed E-state index contributed by atoms with van der Waals surface area (Å²) in [6, 6.07) is -0.478. The summed E-state index contributed by atoms with van der Waals surface area (Å²) in [7, 11) is 3.31. The number of hydrogen-bond donors (Lipinski definition) is 1. The first-order valence-electron chi connectivity index (χ1n) is 3.89. The predicted octanol–water partition coefficient (Wildman–Crippen LogP) is 1.28. The van der Waals surface area contributed by atoms with E-state index in [4.69, 9.17) is 10.5 Å². The van der Waals surface area contributed by atoms with E-state index in [1.807, 2.05) is 0 Å². The lowest BCUT2D eigenvalue weighted by Gasteiger charge is -2.08. The lowest BCUT2D eigenvalue weighted by atomic mass is 10.4. The van der Waals surface area contributed by atoms with Crippen LogP contribution in [-0.2, 0) is 9.53 Å². The molecule has 0 aliphatic carbocycles. The van der Waals surface area contributed by atoms with Crippen LogP contribution in [0.15, 0.2) is 0 Å². The minimum Gasteiger partial charge on any atom is -0.465 e. The van der Waals surface area contributed by atoms with Crippen LogP contribution in [0.3, 0.4) is 0 Å². The van der Waals surface area contributed by atoms with Crippen molar-refractivity contribution < 1.29 is 9.53 Å². The summed E-state index contributed by atoms with van der Waals surface area (Å²) >= 11 is 0. The number of carbonyl (C=O) groups is 1. The third-order valence-electron chi connectivity index (χ3n) is 1.04. The Morgan fingerprint density at radius 1 is 1.50 bits per heavy atom. The topological polar surface area (TPSA) is 52.3 Å². The molecule has 0 aromatic heterocycles.